The van der Waals surface area contributed by atoms with Crippen LogP contribution in [0.25, 0.3) is 0 Å². The molecule has 0 saturated carbocycles. The lowest BCUT2D eigenvalue weighted by Gasteiger charge is -2.07. The first kappa shape index (κ1) is 21.3. The number of carbonyl (C=O) groups is 2. The Morgan fingerprint density at radius 1 is 1.07 bits per heavy atom. The van der Waals surface area contributed by atoms with Crippen LogP contribution in [0.3, 0.4) is 0 Å². The third-order valence-electron chi connectivity index (χ3n) is 3.94. The first-order valence-electron chi connectivity index (χ1n) is 8.96. The van der Waals surface area contributed by atoms with E-state index in [2.05, 4.69) is 20.8 Å². The van der Waals surface area contributed by atoms with Crippen molar-refractivity contribution in [3.8, 4) is 5.75 Å². The Morgan fingerprint density at radius 3 is 2.63 bits per heavy atom. The maximum Gasteiger partial charge on any atom is 0.256 e. The van der Waals surface area contributed by atoms with Crippen LogP contribution in [-0.2, 0) is 11.3 Å². The number of thioether (sulfide) groups is 1. The topological polar surface area (TPSA) is 93.2 Å². The minimum absolute atomic E-state index is 0.145. The second-order valence-electron chi connectivity index (χ2n) is 6.14. The number of halogens is 1. The van der Waals surface area contributed by atoms with E-state index in [1.54, 1.807) is 19.2 Å². The number of aromatic nitrogens is 2. The lowest BCUT2D eigenvalue weighted by molar-refractivity contribution is -0.118. The van der Waals surface area contributed by atoms with Gasteiger partial charge in [-0.1, -0.05) is 30.0 Å². The molecule has 0 saturated heterocycles. The van der Waals surface area contributed by atoms with Gasteiger partial charge in [-0.25, -0.2) is 4.39 Å². The Kier molecular flexibility index (Phi) is 7.34. The highest BCUT2D eigenvalue weighted by Gasteiger charge is 2.09. The van der Waals surface area contributed by atoms with E-state index in [1.807, 2.05) is 24.3 Å². The Labute approximate surface area is 177 Å². The molecule has 2 N–H and O–H groups in total. The van der Waals surface area contributed by atoms with Crippen LogP contribution in [0.4, 0.5) is 10.2 Å². The van der Waals surface area contributed by atoms with E-state index in [0.29, 0.717) is 11.6 Å². The van der Waals surface area contributed by atoms with Gasteiger partial charge in [-0.2, -0.15) is 0 Å². The van der Waals surface area contributed by atoms with E-state index < -0.39 is 11.7 Å². The van der Waals surface area contributed by atoms with E-state index in [4.69, 9.17) is 4.74 Å². The first-order chi connectivity index (χ1) is 14.5. The zero-order valence-electron chi connectivity index (χ0n) is 16.1. The number of carbonyl (C=O) groups excluding carboxylic acids is 2. The van der Waals surface area contributed by atoms with Crippen molar-refractivity contribution in [2.45, 2.75) is 11.6 Å². The molecular formula is C21H19FN4O3S. The molecule has 0 spiro atoms. The Balaban J connectivity index is 1.46. The summed E-state index contributed by atoms with van der Waals surface area (Å²) < 4.78 is 18.4. The van der Waals surface area contributed by atoms with Gasteiger partial charge in [0.15, 0.2) is 5.82 Å². The van der Waals surface area contributed by atoms with Gasteiger partial charge in [0.2, 0.25) is 5.91 Å². The van der Waals surface area contributed by atoms with Gasteiger partial charge in [0.1, 0.15) is 16.6 Å². The average molecular weight is 426 g/mol. The number of benzene rings is 2. The van der Waals surface area contributed by atoms with Crippen molar-refractivity contribution in [1.29, 1.82) is 0 Å². The molecule has 0 unspecified atom stereocenters. The number of anilines is 1. The first-order valence-corrected chi connectivity index (χ1v) is 9.95. The number of methoxy groups -OCH3 is 1. The molecule has 0 aliphatic heterocycles. The van der Waals surface area contributed by atoms with Gasteiger partial charge in [0.25, 0.3) is 5.91 Å². The molecule has 0 atom stereocenters. The van der Waals surface area contributed by atoms with Crippen molar-refractivity contribution in [3.63, 3.8) is 0 Å². The number of nitrogens with zero attached hydrogens (tertiary/aromatic N) is 2. The highest BCUT2D eigenvalue weighted by Crippen LogP contribution is 2.16. The van der Waals surface area contributed by atoms with Crippen LogP contribution in [0.1, 0.15) is 15.9 Å². The molecule has 0 fully saturated rings. The zero-order valence-corrected chi connectivity index (χ0v) is 16.9. The molecule has 154 valence electrons. The molecule has 2 amide bonds. The Bertz CT molecular complexity index is 1030. The molecule has 1 heterocycles. The summed E-state index contributed by atoms with van der Waals surface area (Å²) in [6.07, 6.45) is 0. The molecule has 0 aliphatic carbocycles. The molecule has 2 aromatic carbocycles. The third kappa shape index (κ3) is 6.28. The predicted octanol–water partition coefficient (Wildman–Crippen LogP) is 3.29. The van der Waals surface area contributed by atoms with E-state index in [-0.39, 0.29) is 23.0 Å². The molecule has 0 bridgehead atoms. The van der Waals surface area contributed by atoms with Crippen molar-refractivity contribution in [3.05, 3.63) is 77.6 Å². The van der Waals surface area contributed by atoms with Crippen LogP contribution in [-0.4, -0.2) is 34.9 Å². The summed E-state index contributed by atoms with van der Waals surface area (Å²) in [6, 6.07) is 16.0. The van der Waals surface area contributed by atoms with Crippen LogP contribution in [0.2, 0.25) is 0 Å². The normalized spacial score (nSPS) is 10.3. The molecule has 3 rings (SSSR count). The summed E-state index contributed by atoms with van der Waals surface area (Å²) in [4.78, 5) is 24.1. The van der Waals surface area contributed by atoms with Crippen molar-refractivity contribution >= 4 is 29.4 Å². The van der Waals surface area contributed by atoms with E-state index in [1.165, 1.54) is 30.0 Å². The summed E-state index contributed by atoms with van der Waals surface area (Å²) >= 11 is 1.22. The summed E-state index contributed by atoms with van der Waals surface area (Å²) in [7, 11) is 1.59. The van der Waals surface area contributed by atoms with Crippen molar-refractivity contribution in [2.75, 3.05) is 18.2 Å². The fourth-order valence-electron chi connectivity index (χ4n) is 2.46. The van der Waals surface area contributed by atoms with Crippen LogP contribution in [0, 0.1) is 5.82 Å². The van der Waals surface area contributed by atoms with Gasteiger partial charge < -0.3 is 15.4 Å². The lowest BCUT2D eigenvalue weighted by atomic mass is 10.2. The van der Waals surface area contributed by atoms with Crippen LogP contribution in [0.15, 0.2) is 65.7 Å². The van der Waals surface area contributed by atoms with Crippen LogP contribution in [0.5, 0.6) is 5.75 Å². The molecule has 0 aliphatic rings. The van der Waals surface area contributed by atoms with E-state index in [9.17, 15) is 14.0 Å². The monoisotopic (exact) mass is 426 g/mol. The number of amides is 2. The van der Waals surface area contributed by atoms with Crippen LogP contribution < -0.4 is 15.4 Å². The molecule has 0 radical (unpaired) electrons. The predicted molar refractivity (Wildman–Crippen MR) is 112 cm³/mol. The fourth-order valence-corrected chi connectivity index (χ4v) is 3.10. The highest BCUT2D eigenvalue weighted by molar-refractivity contribution is 7.99. The van der Waals surface area contributed by atoms with Gasteiger partial charge in [-0.3, -0.25) is 9.59 Å². The smallest absolute Gasteiger partial charge is 0.256 e. The highest BCUT2D eigenvalue weighted by atomic mass is 32.2. The fraction of sp³-hybridized carbons (Fsp3) is 0.143. The van der Waals surface area contributed by atoms with Crippen molar-refractivity contribution < 1.29 is 18.7 Å². The van der Waals surface area contributed by atoms with Gasteiger partial charge in [-0.05, 0) is 48.0 Å². The maximum absolute atomic E-state index is 13.2. The maximum atomic E-state index is 13.2. The molecule has 30 heavy (non-hydrogen) atoms. The number of rotatable bonds is 8. The summed E-state index contributed by atoms with van der Waals surface area (Å²) in [5.74, 6) is 0.0136. The second kappa shape index (κ2) is 10.4. The number of hydrogen-bond acceptors (Lipinski definition) is 6. The van der Waals surface area contributed by atoms with E-state index >= 15 is 0 Å². The minimum Gasteiger partial charge on any atom is -0.497 e. The Hall–Kier alpha value is -3.46. The van der Waals surface area contributed by atoms with Crippen LogP contribution >= 0.6 is 11.8 Å². The molecule has 3 aromatic rings. The minimum atomic E-state index is -0.495. The quantitative estimate of drug-likeness (QED) is 0.537. The number of ether oxygens (including phenoxy) is 1. The number of nitrogens with one attached hydrogen (secondary N) is 2. The average Bonchev–Trinajstić information content (AvgIpc) is 2.77. The summed E-state index contributed by atoms with van der Waals surface area (Å²) in [6.45, 7) is 0.396. The zero-order chi connectivity index (χ0) is 21.3. The lowest BCUT2D eigenvalue weighted by Crippen LogP contribution is -2.24. The van der Waals surface area contributed by atoms with Gasteiger partial charge in [0, 0.05) is 12.1 Å². The number of hydrogen-bond donors (Lipinski definition) is 2. The molecule has 7 nitrogen and oxygen atoms in total. The summed E-state index contributed by atoms with van der Waals surface area (Å²) in [5, 5.41) is 13.8. The Morgan fingerprint density at radius 2 is 1.90 bits per heavy atom. The summed E-state index contributed by atoms with van der Waals surface area (Å²) in [5.41, 5.74) is 1.12. The SMILES string of the molecule is COc1cccc(CNC(=O)CSc2ccc(NC(=O)c3cccc(F)c3)nn2)c1. The van der Waals surface area contributed by atoms with Gasteiger partial charge in [-0.15, -0.1) is 10.2 Å². The molecule has 9 heteroatoms. The molecule has 1 aromatic heterocycles. The third-order valence-corrected chi connectivity index (χ3v) is 4.86. The van der Waals surface area contributed by atoms with Crippen molar-refractivity contribution in [2.24, 2.45) is 0 Å². The standard InChI is InChI=1S/C21H19FN4O3S/c1-29-17-7-2-4-14(10-17)12-23-19(27)13-30-20-9-8-18(25-26-20)24-21(28)15-5-3-6-16(22)11-15/h2-11H,12-13H2,1H3,(H,23,27)(H,24,25,28). The van der Waals surface area contributed by atoms with Gasteiger partial charge in [0.05, 0.1) is 12.9 Å². The second-order valence-corrected chi connectivity index (χ2v) is 7.13. The van der Waals surface area contributed by atoms with E-state index in [0.717, 1.165) is 17.4 Å². The largest absolute Gasteiger partial charge is 0.497 e. The van der Waals surface area contributed by atoms with Gasteiger partial charge >= 0.3 is 0 Å². The molecular weight excluding hydrogens is 407 g/mol. The van der Waals surface area contributed by atoms with Crippen molar-refractivity contribution in [1.82, 2.24) is 15.5 Å².